The van der Waals surface area contributed by atoms with Gasteiger partial charge in [0, 0.05) is 10.9 Å². The highest BCUT2D eigenvalue weighted by atomic mass is 79.9. The molecule has 0 aliphatic carbocycles. The number of hydrogen-bond acceptors (Lipinski definition) is 6. The number of rotatable bonds is 8. The van der Waals surface area contributed by atoms with Crippen LogP contribution in [0.3, 0.4) is 0 Å². The Morgan fingerprint density at radius 2 is 1.91 bits per heavy atom. The van der Waals surface area contributed by atoms with Crippen LogP contribution >= 0.6 is 15.9 Å². The molecular weight excluding hydrogens is 366 g/mol. The molecule has 0 fully saturated rings. The van der Waals surface area contributed by atoms with Gasteiger partial charge < -0.3 is 18.9 Å². The monoisotopic (exact) mass is 385 g/mol. The number of hydrogen-bond donors (Lipinski definition) is 0. The summed E-state index contributed by atoms with van der Waals surface area (Å²) in [6, 6.07) is 3.63. The Balaban J connectivity index is 3.62. The molecule has 23 heavy (non-hydrogen) atoms. The number of esters is 1. The molecule has 126 valence electrons. The van der Waals surface area contributed by atoms with Gasteiger partial charge in [-0.15, -0.1) is 0 Å². The summed E-state index contributed by atoms with van der Waals surface area (Å²) in [5.41, 5.74) is 1.21. The van der Waals surface area contributed by atoms with Gasteiger partial charge in [-0.3, -0.25) is 4.79 Å². The number of nitriles is 1. The average molecular weight is 386 g/mol. The number of carbonyl (C=O) groups excluding carboxylic acids is 1. The summed E-state index contributed by atoms with van der Waals surface area (Å²) < 4.78 is 21.1. The van der Waals surface area contributed by atoms with E-state index in [9.17, 15) is 10.1 Å². The quantitative estimate of drug-likeness (QED) is 0.505. The summed E-state index contributed by atoms with van der Waals surface area (Å²) in [7, 11) is 4.49. The second kappa shape index (κ2) is 9.26. The first kappa shape index (κ1) is 19.1. The molecule has 7 heteroatoms. The zero-order chi connectivity index (χ0) is 17.4. The third-order valence-corrected chi connectivity index (χ3v) is 3.67. The molecule has 0 saturated carbocycles. The van der Waals surface area contributed by atoms with Crippen molar-refractivity contribution in [1.29, 1.82) is 5.26 Å². The Kier molecular flexibility index (Phi) is 7.69. The molecule has 0 spiro atoms. The van der Waals surface area contributed by atoms with E-state index in [1.54, 1.807) is 13.0 Å². The number of benzene rings is 1. The lowest BCUT2D eigenvalue weighted by atomic mass is 9.92. The number of nitrogens with zero attached hydrogens (tertiary/aromatic N) is 1. The number of carbonyl (C=O) groups is 1. The van der Waals surface area contributed by atoms with Gasteiger partial charge in [0.05, 0.1) is 34.0 Å². The van der Waals surface area contributed by atoms with Gasteiger partial charge in [-0.2, -0.15) is 5.26 Å². The third-order valence-electron chi connectivity index (χ3n) is 3.27. The third kappa shape index (κ3) is 4.08. The fourth-order valence-electron chi connectivity index (χ4n) is 2.32. The van der Waals surface area contributed by atoms with E-state index in [4.69, 9.17) is 18.9 Å². The van der Waals surface area contributed by atoms with Crippen LogP contribution < -0.4 is 14.2 Å². The maximum atomic E-state index is 12.1. The van der Waals surface area contributed by atoms with Gasteiger partial charge in [-0.1, -0.05) is 15.9 Å². The van der Waals surface area contributed by atoms with Gasteiger partial charge in [-0.05, 0) is 25.0 Å². The van der Waals surface area contributed by atoms with E-state index >= 15 is 0 Å². The van der Waals surface area contributed by atoms with E-state index < -0.39 is 11.9 Å². The molecule has 0 aliphatic heterocycles. The van der Waals surface area contributed by atoms with Crippen LogP contribution in [-0.2, 0) is 16.0 Å². The molecule has 1 aromatic rings. The second-order valence-corrected chi connectivity index (χ2v) is 5.26. The summed E-state index contributed by atoms with van der Waals surface area (Å²) >= 11 is 3.38. The Bertz CT molecular complexity index is 597. The molecular formula is C16H20BrNO5. The van der Waals surface area contributed by atoms with Crippen molar-refractivity contribution in [2.45, 2.75) is 19.3 Å². The Labute approximate surface area is 144 Å². The van der Waals surface area contributed by atoms with Crippen molar-refractivity contribution in [1.82, 2.24) is 0 Å². The zero-order valence-corrected chi connectivity index (χ0v) is 15.2. The van der Waals surface area contributed by atoms with E-state index in [0.29, 0.717) is 40.1 Å². The molecule has 1 aromatic carbocycles. The van der Waals surface area contributed by atoms with Gasteiger partial charge in [0.1, 0.15) is 0 Å². The minimum absolute atomic E-state index is 0.204. The van der Waals surface area contributed by atoms with Crippen LogP contribution in [0.5, 0.6) is 17.2 Å². The number of halogens is 1. The van der Waals surface area contributed by atoms with Crippen LogP contribution in [0.4, 0.5) is 0 Å². The Morgan fingerprint density at radius 3 is 2.35 bits per heavy atom. The van der Waals surface area contributed by atoms with Crippen molar-refractivity contribution < 1.29 is 23.7 Å². The van der Waals surface area contributed by atoms with Crippen LogP contribution in [0, 0.1) is 11.3 Å². The maximum Gasteiger partial charge on any atom is 0.327 e. The van der Waals surface area contributed by atoms with Crippen molar-refractivity contribution >= 4 is 21.9 Å². The van der Waals surface area contributed by atoms with Gasteiger partial charge >= 0.3 is 5.97 Å². The molecule has 0 heterocycles. The first-order valence-electron chi connectivity index (χ1n) is 7.03. The number of methoxy groups -OCH3 is 3. The van der Waals surface area contributed by atoms with E-state index in [1.807, 2.05) is 6.07 Å². The minimum atomic E-state index is -1.06. The van der Waals surface area contributed by atoms with Crippen molar-refractivity contribution in [3.63, 3.8) is 0 Å². The number of ether oxygens (including phenoxy) is 4. The molecule has 1 rings (SSSR count). The molecule has 0 saturated heterocycles. The molecule has 6 nitrogen and oxygen atoms in total. The molecule has 1 atom stereocenters. The highest BCUT2D eigenvalue weighted by molar-refractivity contribution is 9.09. The van der Waals surface area contributed by atoms with Crippen LogP contribution in [0.2, 0.25) is 0 Å². The van der Waals surface area contributed by atoms with E-state index in [2.05, 4.69) is 15.9 Å². The molecule has 0 aromatic heterocycles. The van der Waals surface area contributed by atoms with Gasteiger partial charge in [0.15, 0.2) is 17.4 Å². The highest BCUT2D eigenvalue weighted by Gasteiger charge is 2.29. The topological polar surface area (TPSA) is 77.8 Å². The predicted molar refractivity (Wildman–Crippen MR) is 88.6 cm³/mol. The van der Waals surface area contributed by atoms with Crippen LogP contribution in [-0.4, -0.2) is 39.2 Å². The molecule has 0 bridgehead atoms. The normalized spacial score (nSPS) is 11.3. The molecule has 1 unspecified atom stereocenters. The molecule has 0 amide bonds. The predicted octanol–water partition coefficient (Wildman–Crippen LogP) is 2.82. The average Bonchev–Trinajstić information content (AvgIpc) is 2.56. The van der Waals surface area contributed by atoms with Crippen molar-refractivity contribution in [3.8, 4) is 23.3 Å². The van der Waals surface area contributed by atoms with Crippen LogP contribution in [0.1, 0.15) is 24.0 Å². The molecule has 0 radical (unpaired) electrons. The lowest BCUT2D eigenvalue weighted by Crippen LogP contribution is -2.17. The Hall–Kier alpha value is -1.94. The summed E-state index contributed by atoms with van der Waals surface area (Å²) in [4.78, 5) is 12.1. The number of alkyl halides is 1. The fraction of sp³-hybridized carbons (Fsp3) is 0.500. The maximum absolute atomic E-state index is 12.1. The summed E-state index contributed by atoms with van der Waals surface area (Å²) in [5.74, 6) is -0.388. The van der Waals surface area contributed by atoms with Gasteiger partial charge in [0.25, 0.3) is 0 Å². The largest absolute Gasteiger partial charge is 0.493 e. The van der Waals surface area contributed by atoms with E-state index in [-0.39, 0.29) is 6.61 Å². The first-order chi connectivity index (χ1) is 11.1. The smallest absolute Gasteiger partial charge is 0.327 e. The fourth-order valence-corrected chi connectivity index (χ4v) is 2.72. The van der Waals surface area contributed by atoms with Crippen molar-refractivity contribution in [3.05, 3.63) is 17.2 Å². The standard InChI is InChI=1S/C16H20BrNO5/c1-5-23-16(19)12(9-18)11-8-13(20-2)15(22-4)14(21-3)10(11)6-7-17/h8,12H,5-7H2,1-4H3. The summed E-state index contributed by atoms with van der Waals surface area (Å²) in [6.07, 6.45) is 0.552. The first-order valence-corrected chi connectivity index (χ1v) is 8.15. The van der Waals surface area contributed by atoms with Crippen LogP contribution in [0.15, 0.2) is 6.07 Å². The lowest BCUT2D eigenvalue weighted by molar-refractivity contribution is -0.143. The highest BCUT2D eigenvalue weighted by Crippen LogP contribution is 2.44. The SMILES string of the molecule is CCOC(=O)C(C#N)c1cc(OC)c(OC)c(OC)c1CCBr. The Morgan fingerprint density at radius 1 is 1.26 bits per heavy atom. The second-order valence-electron chi connectivity index (χ2n) is 4.47. The van der Waals surface area contributed by atoms with Gasteiger partial charge in [0.2, 0.25) is 5.75 Å². The lowest BCUT2D eigenvalue weighted by Gasteiger charge is -2.21. The summed E-state index contributed by atoms with van der Waals surface area (Å²) in [6.45, 7) is 1.90. The van der Waals surface area contributed by atoms with Crippen LogP contribution in [0.25, 0.3) is 0 Å². The zero-order valence-electron chi connectivity index (χ0n) is 13.6. The van der Waals surface area contributed by atoms with E-state index in [1.165, 1.54) is 21.3 Å². The molecule has 0 aliphatic rings. The van der Waals surface area contributed by atoms with Crippen molar-refractivity contribution in [2.75, 3.05) is 33.3 Å². The summed E-state index contributed by atoms with van der Waals surface area (Å²) in [5, 5.41) is 10.1. The van der Waals surface area contributed by atoms with E-state index in [0.717, 1.165) is 0 Å². The molecule has 0 N–H and O–H groups in total. The van der Waals surface area contributed by atoms with Crippen molar-refractivity contribution in [2.24, 2.45) is 0 Å². The minimum Gasteiger partial charge on any atom is -0.493 e. The van der Waals surface area contributed by atoms with Gasteiger partial charge in [-0.25, -0.2) is 0 Å².